The van der Waals surface area contributed by atoms with E-state index in [1.54, 1.807) is 4.90 Å². The predicted octanol–water partition coefficient (Wildman–Crippen LogP) is 6.04. The fourth-order valence-electron chi connectivity index (χ4n) is 3.70. The summed E-state index contributed by atoms with van der Waals surface area (Å²) in [5, 5.41) is 5.91. The molecule has 160 valence electrons. The number of halogens is 1. The molecule has 0 fully saturated rings. The molecule has 2 heterocycles. The molecule has 0 saturated carbocycles. The Morgan fingerprint density at radius 1 is 1.10 bits per heavy atom. The fourth-order valence-corrected chi connectivity index (χ4v) is 4.90. The van der Waals surface area contributed by atoms with Gasteiger partial charge < -0.3 is 0 Å². The molecule has 0 atom stereocenters. The molecular formula is C24H25ClN4OS. The van der Waals surface area contributed by atoms with Crippen molar-refractivity contribution >= 4 is 44.2 Å². The highest BCUT2D eigenvalue weighted by molar-refractivity contribution is 7.22. The molecule has 0 aliphatic rings. The summed E-state index contributed by atoms with van der Waals surface area (Å²) in [5.41, 5.74) is 6.52. The zero-order chi connectivity index (χ0) is 22.3. The van der Waals surface area contributed by atoms with E-state index in [4.69, 9.17) is 16.6 Å². The lowest BCUT2D eigenvalue weighted by Gasteiger charge is -2.21. The van der Waals surface area contributed by atoms with Crippen LogP contribution in [0.4, 0.5) is 5.13 Å². The second kappa shape index (κ2) is 8.44. The van der Waals surface area contributed by atoms with E-state index in [1.165, 1.54) is 11.3 Å². The third kappa shape index (κ3) is 4.23. The molecule has 4 aromatic rings. The highest BCUT2D eigenvalue weighted by atomic mass is 35.5. The molecule has 0 saturated heterocycles. The molecular weight excluding hydrogens is 428 g/mol. The predicted molar refractivity (Wildman–Crippen MR) is 129 cm³/mol. The van der Waals surface area contributed by atoms with Gasteiger partial charge in [-0.25, -0.2) is 4.98 Å². The second-order valence-electron chi connectivity index (χ2n) is 7.94. The number of anilines is 1. The van der Waals surface area contributed by atoms with Crippen LogP contribution in [0.15, 0.2) is 36.4 Å². The highest BCUT2D eigenvalue weighted by Gasteiger charge is 2.24. The highest BCUT2D eigenvalue weighted by Crippen LogP contribution is 2.34. The van der Waals surface area contributed by atoms with E-state index >= 15 is 0 Å². The van der Waals surface area contributed by atoms with Gasteiger partial charge in [0.05, 0.1) is 22.5 Å². The van der Waals surface area contributed by atoms with Crippen LogP contribution < -0.4 is 4.90 Å². The fraction of sp³-hybridized carbons (Fsp3) is 0.292. The van der Waals surface area contributed by atoms with Crippen molar-refractivity contribution in [1.82, 2.24) is 14.8 Å². The van der Waals surface area contributed by atoms with Crippen molar-refractivity contribution in [2.45, 2.75) is 41.2 Å². The van der Waals surface area contributed by atoms with Crippen molar-refractivity contribution in [1.29, 1.82) is 0 Å². The quantitative estimate of drug-likeness (QED) is 0.371. The number of aromatic nitrogens is 3. The average molecular weight is 453 g/mol. The summed E-state index contributed by atoms with van der Waals surface area (Å²) in [4.78, 5) is 20.3. The van der Waals surface area contributed by atoms with Gasteiger partial charge in [0.15, 0.2) is 5.13 Å². The van der Waals surface area contributed by atoms with E-state index in [0.29, 0.717) is 28.8 Å². The smallest absolute Gasteiger partial charge is 0.260 e. The minimum atomic E-state index is -0.0504. The standard InChI is InChI=1S/C24H25ClN4OS/c1-14-6-7-15(2)19(12-14)23(30)28(10-11-29-17(4)13-16(3)27-29)24-26-22-18(5)20(25)8-9-21(22)31-24/h6-9,12-13H,10-11H2,1-5H3. The van der Waals surface area contributed by atoms with E-state index in [-0.39, 0.29) is 5.91 Å². The number of hydrogen-bond acceptors (Lipinski definition) is 4. The van der Waals surface area contributed by atoms with Gasteiger partial charge >= 0.3 is 0 Å². The number of nitrogens with zero attached hydrogens (tertiary/aromatic N) is 4. The molecule has 0 aliphatic carbocycles. The SMILES string of the molecule is Cc1ccc(C)c(C(=O)N(CCn2nc(C)cc2C)c2nc3c(C)c(Cl)ccc3s2)c1. The van der Waals surface area contributed by atoms with Gasteiger partial charge in [-0.2, -0.15) is 5.10 Å². The minimum absolute atomic E-state index is 0.0504. The van der Waals surface area contributed by atoms with Crippen LogP contribution in [-0.2, 0) is 6.54 Å². The molecule has 0 spiro atoms. The molecule has 31 heavy (non-hydrogen) atoms. The van der Waals surface area contributed by atoms with Crippen LogP contribution in [0.25, 0.3) is 10.2 Å². The van der Waals surface area contributed by atoms with Crippen molar-refractivity contribution in [3.63, 3.8) is 0 Å². The topological polar surface area (TPSA) is 51.0 Å². The molecule has 5 nitrogen and oxygen atoms in total. The van der Waals surface area contributed by atoms with E-state index in [9.17, 15) is 4.79 Å². The number of thiazole rings is 1. The van der Waals surface area contributed by atoms with Crippen molar-refractivity contribution < 1.29 is 4.79 Å². The minimum Gasteiger partial charge on any atom is -0.282 e. The molecule has 0 unspecified atom stereocenters. The third-order valence-electron chi connectivity index (χ3n) is 5.47. The Morgan fingerprint density at radius 3 is 2.58 bits per heavy atom. The summed E-state index contributed by atoms with van der Waals surface area (Å²) >= 11 is 7.82. The maximum Gasteiger partial charge on any atom is 0.260 e. The van der Waals surface area contributed by atoms with Crippen LogP contribution in [-0.4, -0.2) is 27.2 Å². The molecule has 0 radical (unpaired) electrons. The van der Waals surface area contributed by atoms with Gasteiger partial charge in [0.25, 0.3) is 5.91 Å². The summed E-state index contributed by atoms with van der Waals surface area (Å²) in [6.07, 6.45) is 0. The molecule has 4 rings (SSSR count). The Hall–Kier alpha value is -2.70. The van der Waals surface area contributed by atoms with Gasteiger partial charge in [-0.05, 0) is 70.0 Å². The van der Waals surface area contributed by atoms with E-state index in [2.05, 4.69) is 5.10 Å². The summed E-state index contributed by atoms with van der Waals surface area (Å²) < 4.78 is 2.95. The van der Waals surface area contributed by atoms with Gasteiger partial charge in [-0.1, -0.05) is 40.6 Å². The zero-order valence-corrected chi connectivity index (χ0v) is 19.9. The van der Waals surface area contributed by atoms with Gasteiger partial charge in [-0.3, -0.25) is 14.4 Å². The first-order valence-corrected chi connectivity index (χ1v) is 11.4. The van der Waals surface area contributed by atoms with Crippen LogP contribution in [0.2, 0.25) is 5.02 Å². The van der Waals surface area contributed by atoms with E-state index in [1.807, 2.05) is 75.7 Å². The Balaban J connectivity index is 1.76. The van der Waals surface area contributed by atoms with Gasteiger partial charge in [-0.15, -0.1) is 0 Å². The summed E-state index contributed by atoms with van der Waals surface area (Å²) in [5.74, 6) is -0.0504. The first-order valence-electron chi connectivity index (χ1n) is 10.2. The number of aryl methyl sites for hydroxylation is 5. The first-order chi connectivity index (χ1) is 14.7. The van der Waals surface area contributed by atoms with Gasteiger partial charge in [0.1, 0.15) is 0 Å². The monoisotopic (exact) mass is 452 g/mol. The maximum atomic E-state index is 13.7. The molecule has 1 amide bonds. The van der Waals surface area contributed by atoms with Crippen LogP contribution in [0.1, 0.15) is 38.4 Å². The van der Waals surface area contributed by atoms with Crippen molar-refractivity contribution in [3.8, 4) is 0 Å². The number of carbonyl (C=O) groups excluding carboxylic acids is 1. The molecule has 2 aromatic carbocycles. The van der Waals surface area contributed by atoms with Crippen LogP contribution >= 0.6 is 22.9 Å². The largest absolute Gasteiger partial charge is 0.282 e. The molecule has 0 aliphatic heterocycles. The molecule has 0 bridgehead atoms. The molecule has 7 heteroatoms. The summed E-state index contributed by atoms with van der Waals surface area (Å²) in [6.45, 7) is 11.0. The Bertz CT molecular complexity index is 1290. The summed E-state index contributed by atoms with van der Waals surface area (Å²) in [7, 11) is 0. The maximum absolute atomic E-state index is 13.7. The molecule has 2 aromatic heterocycles. The average Bonchev–Trinajstić information content (AvgIpc) is 3.29. The lowest BCUT2D eigenvalue weighted by atomic mass is 10.0. The third-order valence-corrected chi connectivity index (χ3v) is 6.93. The van der Waals surface area contributed by atoms with Crippen LogP contribution in [0.3, 0.4) is 0 Å². The van der Waals surface area contributed by atoms with E-state index < -0.39 is 0 Å². The Morgan fingerprint density at radius 2 is 1.87 bits per heavy atom. The first kappa shape index (κ1) is 21.5. The lowest BCUT2D eigenvalue weighted by Crippen LogP contribution is -2.34. The van der Waals surface area contributed by atoms with Crippen LogP contribution in [0, 0.1) is 34.6 Å². The summed E-state index contributed by atoms with van der Waals surface area (Å²) in [6, 6.07) is 11.9. The van der Waals surface area contributed by atoms with E-state index in [0.717, 1.165) is 38.3 Å². The van der Waals surface area contributed by atoms with Crippen LogP contribution in [0.5, 0.6) is 0 Å². The Labute approximate surface area is 191 Å². The molecule has 0 N–H and O–H groups in total. The lowest BCUT2D eigenvalue weighted by molar-refractivity contribution is 0.0985. The van der Waals surface area contributed by atoms with Crippen molar-refractivity contribution in [2.75, 3.05) is 11.4 Å². The normalized spacial score (nSPS) is 11.3. The second-order valence-corrected chi connectivity index (χ2v) is 9.36. The number of rotatable bonds is 5. The van der Waals surface area contributed by atoms with Crippen molar-refractivity contribution in [2.24, 2.45) is 0 Å². The number of carbonyl (C=O) groups is 1. The van der Waals surface area contributed by atoms with Crippen molar-refractivity contribution in [3.05, 3.63) is 75.1 Å². The number of amides is 1. The number of fused-ring (bicyclic) bond motifs is 1. The zero-order valence-electron chi connectivity index (χ0n) is 18.4. The number of benzene rings is 2. The van der Waals surface area contributed by atoms with Gasteiger partial charge in [0, 0.05) is 22.8 Å². The van der Waals surface area contributed by atoms with Gasteiger partial charge in [0.2, 0.25) is 0 Å². The Kier molecular flexibility index (Phi) is 5.86. The number of hydrogen-bond donors (Lipinski definition) is 0.